The van der Waals surface area contributed by atoms with E-state index in [4.69, 9.17) is 12.2 Å². The zero-order chi connectivity index (χ0) is 10.8. The van der Waals surface area contributed by atoms with Crippen molar-refractivity contribution in [3.05, 3.63) is 21.7 Å². The highest BCUT2D eigenvalue weighted by atomic mass is 32.1. The summed E-state index contributed by atoms with van der Waals surface area (Å²) in [5, 5.41) is 3.36. The first-order valence-electron chi connectivity index (χ1n) is 5.55. The van der Waals surface area contributed by atoms with Gasteiger partial charge in [0.15, 0.2) is 4.77 Å². The van der Waals surface area contributed by atoms with Crippen molar-refractivity contribution in [2.24, 2.45) is 0 Å². The molecule has 2 N–H and O–H groups in total. The lowest BCUT2D eigenvalue weighted by Crippen LogP contribution is -2.24. The molecule has 4 heteroatoms. The Morgan fingerprint density at radius 1 is 1.60 bits per heavy atom. The minimum atomic E-state index is 0.447. The van der Waals surface area contributed by atoms with Crippen molar-refractivity contribution in [1.82, 2.24) is 15.3 Å². The van der Waals surface area contributed by atoms with Crippen molar-refractivity contribution < 1.29 is 0 Å². The standard InChI is InChI=1S/C11H17N3S/c1-3-7-10-8(12-2)5-4-6-9(10)14-11(15)13-7/h8,12H,3-6H2,1-2H3,(H,13,14,15). The van der Waals surface area contributed by atoms with E-state index in [9.17, 15) is 0 Å². The SMILES string of the molecule is CCc1nc(=S)[nH]c2c1C(NC)CCC2. The van der Waals surface area contributed by atoms with Gasteiger partial charge < -0.3 is 10.3 Å². The topological polar surface area (TPSA) is 40.7 Å². The van der Waals surface area contributed by atoms with Crippen LogP contribution in [0.15, 0.2) is 0 Å². The molecule has 1 aliphatic rings. The molecule has 0 amide bonds. The summed E-state index contributed by atoms with van der Waals surface area (Å²) in [6.45, 7) is 2.14. The fraction of sp³-hybridized carbons (Fsp3) is 0.636. The Morgan fingerprint density at radius 2 is 2.40 bits per heavy atom. The van der Waals surface area contributed by atoms with Crippen LogP contribution in [0.4, 0.5) is 0 Å². The fourth-order valence-corrected chi connectivity index (χ4v) is 2.61. The summed E-state index contributed by atoms with van der Waals surface area (Å²) in [7, 11) is 2.01. The molecule has 1 aromatic heterocycles. The summed E-state index contributed by atoms with van der Waals surface area (Å²) < 4.78 is 0.627. The number of H-pyrrole nitrogens is 1. The van der Waals surface area contributed by atoms with E-state index in [0.717, 1.165) is 18.5 Å². The van der Waals surface area contributed by atoms with Gasteiger partial charge in [0.1, 0.15) is 0 Å². The maximum absolute atomic E-state index is 5.14. The van der Waals surface area contributed by atoms with Gasteiger partial charge in [0.2, 0.25) is 0 Å². The summed E-state index contributed by atoms with van der Waals surface area (Å²) in [5.41, 5.74) is 3.81. The van der Waals surface area contributed by atoms with E-state index in [1.165, 1.54) is 24.1 Å². The van der Waals surface area contributed by atoms with Crippen molar-refractivity contribution in [3.63, 3.8) is 0 Å². The van der Waals surface area contributed by atoms with Gasteiger partial charge in [0, 0.05) is 23.0 Å². The third kappa shape index (κ3) is 1.96. The number of fused-ring (bicyclic) bond motifs is 1. The summed E-state index contributed by atoms with van der Waals surface area (Å²) in [6, 6.07) is 0.447. The zero-order valence-electron chi connectivity index (χ0n) is 9.26. The molecule has 15 heavy (non-hydrogen) atoms. The van der Waals surface area contributed by atoms with Gasteiger partial charge in [-0.2, -0.15) is 0 Å². The molecule has 1 heterocycles. The molecule has 82 valence electrons. The lowest BCUT2D eigenvalue weighted by molar-refractivity contribution is 0.481. The van der Waals surface area contributed by atoms with E-state index in [-0.39, 0.29) is 0 Å². The molecular formula is C11H17N3S. The van der Waals surface area contributed by atoms with Crippen LogP contribution in [0.3, 0.4) is 0 Å². The van der Waals surface area contributed by atoms with Crippen molar-refractivity contribution in [2.75, 3.05) is 7.05 Å². The molecule has 1 atom stereocenters. The molecular weight excluding hydrogens is 206 g/mol. The Labute approximate surface area is 95.3 Å². The predicted molar refractivity (Wildman–Crippen MR) is 63.5 cm³/mol. The third-order valence-electron chi connectivity index (χ3n) is 3.08. The Hall–Kier alpha value is -0.740. The van der Waals surface area contributed by atoms with Gasteiger partial charge >= 0.3 is 0 Å². The summed E-state index contributed by atoms with van der Waals surface area (Å²) in [5.74, 6) is 0. The van der Waals surface area contributed by atoms with E-state index in [1.807, 2.05) is 7.05 Å². The Bertz CT molecular complexity index is 391. The van der Waals surface area contributed by atoms with Gasteiger partial charge in [-0.15, -0.1) is 0 Å². The number of rotatable bonds is 2. The second kappa shape index (κ2) is 4.41. The maximum Gasteiger partial charge on any atom is 0.197 e. The Morgan fingerprint density at radius 3 is 3.07 bits per heavy atom. The van der Waals surface area contributed by atoms with E-state index >= 15 is 0 Å². The van der Waals surface area contributed by atoms with Crippen LogP contribution in [0.5, 0.6) is 0 Å². The molecule has 0 spiro atoms. The maximum atomic E-state index is 5.14. The van der Waals surface area contributed by atoms with Crippen LogP contribution in [-0.2, 0) is 12.8 Å². The average molecular weight is 223 g/mol. The molecule has 3 nitrogen and oxygen atoms in total. The largest absolute Gasteiger partial charge is 0.334 e. The van der Waals surface area contributed by atoms with Crippen LogP contribution in [0.1, 0.15) is 42.8 Å². The number of aryl methyl sites for hydroxylation is 2. The minimum Gasteiger partial charge on any atom is -0.334 e. The van der Waals surface area contributed by atoms with Gasteiger partial charge in [-0.05, 0) is 44.9 Å². The second-order valence-corrected chi connectivity index (χ2v) is 4.35. The molecule has 0 saturated carbocycles. The molecule has 1 aliphatic carbocycles. The van der Waals surface area contributed by atoms with Crippen LogP contribution in [-0.4, -0.2) is 17.0 Å². The monoisotopic (exact) mass is 223 g/mol. The summed E-state index contributed by atoms with van der Waals surface area (Å²) >= 11 is 5.14. The second-order valence-electron chi connectivity index (χ2n) is 3.97. The predicted octanol–water partition coefficient (Wildman–Crippen LogP) is 2.30. The molecule has 0 radical (unpaired) electrons. The highest BCUT2D eigenvalue weighted by molar-refractivity contribution is 7.71. The normalized spacial score (nSPS) is 20.0. The minimum absolute atomic E-state index is 0.447. The highest BCUT2D eigenvalue weighted by Gasteiger charge is 2.22. The first kappa shape index (κ1) is 10.8. The molecule has 1 aromatic rings. The molecule has 1 unspecified atom stereocenters. The van der Waals surface area contributed by atoms with Gasteiger partial charge in [-0.1, -0.05) is 6.92 Å². The van der Waals surface area contributed by atoms with E-state index in [2.05, 4.69) is 22.2 Å². The van der Waals surface area contributed by atoms with Crippen molar-refractivity contribution in [1.29, 1.82) is 0 Å². The van der Waals surface area contributed by atoms with Crippen LogP contribution in [0.25, 0.3) is 0 Å². The third-order valence-corrected chi connectivity index (χ3v) is 3.28. The Kier molecular flexibility index (Phi) is 3.17. The average Bonchev–Trinajstić information content (AvgIpc) is 2.26. The van der Waals surface area contributed by atoms with Crippen LogP contribution in [0.2, 0.25) is 0 Å². The van der Waals surface area contributed by atoms with Gasteiger partial charge in [0.05, 0.1) is 0 Å². The number of nitrogens with one attached hydrogen (secondary N) is 2. The van der Waals surface area contributed by atoms with Gasteiger partial charge in [-0.25, -0.2) is 4.98 Å². The number of aromatic nitrogens is 2. The summed E-state index contributed by atoms with van der Waals surface area (Å²) in [4.78, 5) is 7.65. The summed E-state index contributed by atoms with van der Waals surface area (Å²) in [6.07, 6.45) is 4.48. The van der Waals surface area contributed by atoms with Gasteiger partial charge in [-0.3, -0.25) is 0 Å². The zero-order valence-corrected chi connectivity index (χ0v) is 10.1. The molecule has 0 bridgehead atoms. The molecule has 0 fully saturated rings. The van der Waals surface area contributed by atoms with E-state index < -0.39 is 0 Å². The van der Waals surface area contributed by atoms with Crippen LogP contribution < -0.4 is 5.32 Å². The van der Waals surface area contributed by atoms with Crippen molar-refractivity contribution in [3.8, 4) is 0 Å². The van der Waals surface area contributed by atoms with Gasteiger partial charge in [0.25, 0.3) is 0 Å². The smallest absolute Gasteiger partial charge is 0.197 e. The molecule has 2 rings (SSSR count). The lowest BCUT2D eigenvalue weighted by Gasteiger charge is -2.26. The number of hydrogen-bond donors (Lipinski definition) is 2. The molecule has 0 aliphatic heterocycles. The van der Waals surface area contributed by atoms with Crippen LogP contribution in [0, 0.1) is 4.77 Å². The quantitative estimate of drug-likeness (QED) is 0.756. The van der Waals surface area contributed by atoms with E-state index in [0.29, 0.717) is 10.8 Å². The fourth-order valence-electron chi connectivity index (χ4n) is 2.38. The lowest BCUT2D eigenvalue weighted by atomic mass is 9.89. The highest BCUT2D eigenvalue weighted by Crippen LogP contribution is 2.30. The number of nitrogens with zero attached hydrogens (tertiary/aromatic N) is 1. The number of hydrogen-bond acceptors (Lipinski definition) is 3. The van der Waals surface area contributed by atoms with E-state index in [1.54, 1.807) is 0 Å². The molecule has 0 aromatic carbocycles. The Balaban J connectivity index is 2.57. The number of aromatic amines is 1. The van der Waals surface area contributed by atoms with Crippen molar-refractivity contribution in [2.45, 2.75) is 38.6 Å². The molecule has 0 saturated heterocycles. The van der Waals surface area contributed by atoms with Crippen molar-refractivity contribution >= 4 is 12.2 Å². The van der Waals surface area contributed by atoms with Crippen LogP contribution >= 0.6 is 12.2 Å². The first-order valence-corrected chi connectivity index (χ1v) is 5.96. The first-order chi connectivity index (χ1) is 7.26.